The first-order valence-corrected chi connectivity index (χ1v) is 8.97. The highest BCUT2D eigenvalue weighted by atomic mass is 19.4. The van der Waals surface area contributed by atoms with Crippen LogP contribution in [0.2, 0.25) is 0 Å². The second kappa shape index (κ2) is 11.6. The zero-order valence-electron chi connectivity index (χ0n) is 15.9. The molecular weight excluding hydrogens is 363 g/mol. The second-order valence-electron chi connectivity index (χ2n) is 6.33. The Hall–Kier alpha value is -2.03. The Morgan fingerprint density at radius 1 is 1.33 bits per heavy atom. The average Bonchev–Trinajstić information content (AvgIpc) is 2.59. The first-order valence-electron chi connectivity index (χ1n) is 8.97. The topological polar surface area (TPSA) is 72.5 Å². The molecule has 0 saturated carbocycles. The number of rotatable bonds is 11. The lowest BCUT2D eigenvalue weighted by Gasteiger charge is -2.20. The van der Waals surface area contributed by atoms with Crippen LogP contribution in [0.1, 0.15) is 45.1 Å². The molecule has 9 heteroatoms. The number of pyridine rings is 1. The maximum atomic E-state index is 12.9. The van der Waals surface area contributed by atoms with Crippen LogP contribution in [0.25, 0.3) is 0 Å². The first kappa shape index (κ1) is 23.0. The van der Waals surface area contributed by atoms with Crippen LogP contribution >= 0.6 is 0 Å². The molecule has 2 atom stereocenters. The molecule has 1 aromatic heterocycles. The number of nitrogens with one attached hydrogen (secondary N) is 2. The number of carbonyl (C=O) groups excluding carboxylic acids is 1. The zero-order chi connectivity index (χ0) is 20.3. The van der Waals surface area contributed by atoms with Crippen molar-refractivity contribution in [3.8, 4) is 5.88 Å². The van der Waals surface area contributed by atoms with Crippen molar-refractivity contribution in [2.45, 2.75) is 64.4 Å². The van der Waals surface area contributed by atoms with Crippen LogP contribution in [0.15, 0.2) is 18.3 Å². The summed E-state index contributed by atoms with van der Waals surface area (Å²) in [5.41, 5.74) is 0.576. The molecule has 2 amide bonds. The fourth-order valence-electron chi connectivity index (χ4n) is 2.35. The summed E-state index contributed by atoms with van der Waals surface area (Å²) in [6.07, 6.45) is -1.17. The molecule has 1 aromatic rings. The van der Waals surface area contributed by atoms with Crippen LogP contribution in [0, 0.1) is 0 Å². The lowest BCUT2D eigenvalue weighted by Crippen LogP contribution is -2.40. The molecule has 0 saturated heterocycles. The fourth-order valence-corrected chi connectivity index (χ4v) is 2.35. The maximum absolute atomic E-state index is 12.9. The van der Waals surface area contributed by atoms with Gasteiger partial charge in [-0.2, -0.15) is 13.2 Å². The Kier molecular flexibility index (Phi) is 9.92. The SMILES string of the molecule is CCCCCC(C)NC(=O)NCc1ccnc(O[C@H](COC)C(F)(F)F)c1. The summed E-state index contributed by atoms with van der Waals surface area (Å²) in [7, 11) is 1.16. The van der Waals surface area contributed by atoms with Crippen molar-refractivity contribution in [3.63, 3.8) is 0 Å². The number of carbonyl (C=O) groups is 1. The number of hydrogen-bond donors (Lipinski definition) is 2. The van der Waals surface area contributed by atoms with E-state index in [1.165, 1.54) is 12.3 Å². The molecule has 27 heavy (non-hydrogen) atoms. The number of halogens is 3. The smallest absolute Gasteiger partial charge is 0.427 e. The summed E-state index contributed by atoms with van der Waals surface area (Å²) < 4.78 is 48.1. The number of aromatic nitrogens is 1. The molecule has 0 aliphatic rings. The van der Waals surface area contributed by atoms with E-state index in [0.717, 1.165) is 32.8 Å². The standard InChI is InChI=1S/C18H28F3N3O3/c1-4-5-6-7-13(2)24-17(25)23-11-14-8-9-22-16(10-14)27-15(12-26-3)18(19,20)21/h8-10,13,15H,4-7,11-12H2,1-3H3,(H2,23,24,25)/t13?,15-/m1/s1. The lowest BCUT2D eigenvalue weighted by atomic mass is 10.1. The van der Waals surface area contributed by atoms with Gasteiger partial charge in [0.05, 0.1) is 6.61 Å². The summed E-state index contributed by atoms with van der Waals surface area (Å²) in [6, 6.07) is 2.68. The number of alkyl halides is 3. The van der Waals surface area contributed by atoms with Crippen molar-refractivity contribution in [2.24, 2.45) is 0 Å². The Balaban J connectivity index is 2.53. The number of methoxy groups -OCH3 is 1. The monoisotopic (exact) mass is 391 g/mol. The van der Waals surface area contributed by atoms with E-state index in [1.807, 2.05) is 6.92 Å². The summed E-state index contributed by atoms with van der Waals surface area (Å²) in [6.45, 7) is 3.56. The molecule has 0 aliphatic carbocycles. The van der Waals surface area contributed by atoms with Crippen molar-refractivity contribution < 1.29 is 27.4 Å². The minimum Gasteiger partial charge on any atom is -0.462 e. The van der Waals surface area contributed by atoms with E-state index in [-0.39, 0.29) is 24.5 Å². The van der Waals surface area contributed by atoms with Gasteiger partial charge in [-0.3, -0.25) is 0 Å². The molecule has 0 bridgehead atoms. The molecule has 0 fully saturated rings. The van der Waals surface area contributed by atoms with Crippen LogP contribution in [0.4, 0.5) is 18.0 Å². The fraction of sp³-hybridized carbons (Fsp3) is 0.667. The number of urea groups is 1. The first-order chi connectivity index (χ1) is 12.8. The van der Waals surface area contributed by atoms with Crippen LogP contribution in [-0.4, -0.2) is 43.1 Å². The quantitative estimate of drug-likeness (QED) is 0.563. The number of ether oxygens (including phenoxy) is 2. The largest absolute Gasteiger partial charge is 0.462 e. The van der Waals surface area contributed by atoms with E-state index in [1.54, 1.807) is 6.07 Å². The minimum atomic E-state index is -4.57. The van der Waals surface area contributed by atoms with Crippen LogP contribution in [0.5, 0.6) is 5.88 Å². The van der Waals surface area contributed by atoms with E-state index in [4.69, 9.17) is 4.74 Å². The van der Waals surface area contributed by atoms with Gasteiger partial charge in [-0.15, -0.1) is 0 Å². The van der Waals surface area contributed by atoms with Gasteiger partial charge in [0.2, 0.25) is 12.0 Å². The van der Waals surface area contributed by atoms with Crippen molar-refractivity contribution in [2.75, 3.05) is 13.7 Å². The number of unbranched alkanes of at least 4 members (excludes halogenated alkanes) is 2. The summed E-state index contributed by atoms with van der Waals surface area (Å²) >= 11 is 0. The van der Waals surface area contributed by atoms with Crippen LogP contribution in [-0.2, 0) is 11.3 Å². The number of amides is 2. The Labute approximate surface area is 157 Å². The van der Waals surface area contributed by atoms with Gasteiger partial charge in [-0.1, -0.05) is 26.2 Å². The highest BCUT2D eigenvalue weighted by molar-refractivity contribution is 5.74. The Bertz CT molecular complexity index is 570. The summed E-state index contributed by atoms with van der Waals surface area (Å²) in [4.78, 5) is 15.7. The van der Waals surface area contributed by atoms with E-state index >= 15 is 0 Å². The zero-order valence-corrected chi connectivity index (χ0v) is 15.9. The van der Waals surface area contributed by atoms with Gasteiger partial charge in [-0.25, -0.2) is 9.78 Å². The van der Waals surface area contributed by atoms with Crippen LogP contribution < -0.4 is 15.4 Å². The third-order valence-corrected chi connectivity index (χ3v) is 3.82. The van der Waals surface area contributed by atoms with Gasteiger partial charge < -0.3 is 20.1 Å². The molecule has 6 nitrogen and oxygen atoms in total. The third-order valence-electron chi connectivity index (χ3n) is 3.82. The van der Waals surface area contributed by atoms with E-state index < -0.39 is 18.9 Å². The van der Waals surface area contributed by atoms with Gasteiger partial charge >= 0.3 is 12.2 Å². The molecule has 1 unspecified atom stereocenters. The highest BCUT2D eigenvalue weighted by Crippen LogP contribution is 2.25. The van der Waals surface area contributed by atoms with E-state index in [2.05, 4.69) is 27.3 Å². The van der Waals surface area contributed by atoms with Crippen LogP contribution in [0.3, 0.4) is 0 Å². The predicted molar refractivity (Wildman–Crippen MR) is 95.6 cm³/mol. The lowest BCUT2D eigenvalue weighted by molar-refractivity contribution is -0.207. The third kappa shape index (κ3) is 9.46. The van der Waals surface area contributed by atoms with Crippen molar-refractivity contribution in [1.82, 2.24) is 15.6 Å². The van der Waals surface area contributed by atoms with Crippen molar-refractivity contribution in [3.05, 3.63) is 23.9 Å². The molecule has 1 heterocycles. The van der Waals surface area contributed by atoms with Gasteiger partial charge in [0.15, 0.2) is 0 Å². The van der Waals surface area contributed by atoms with E-state index in [9.17, 15) is 18.0 Å². The number of hydrogen-bond acceptors (Lipinski definition) is 4. The molecule has 0 radical (unpaired) electrons. The van der Waals surface area contributed by atoms with Crippen molar-refractivity contribution >= 4 is 6.03 Å². The molecule has 154 valence electrons. The average molecular weight is 391 g/mol. The summed E-state index contributed by atoms with van der Waals surface area (Å²) in [5.74, 6) is -0.179. The second-order valence-corrected chi connectivity index (χ2v) is 6.33. The van der Waals surface area contributed by atoms with Gasteiger partial charge in [0, 0.05) is 32.0 Å². The van der Waals surface area contributed by atoms with Gasteiger partial charge in [-0.05, 0) is 25.0 Å². The highest BCUT2D eigenvalue weighted by Gasteiger charge is 2.42. The predicted octanol–water partition coefficient (Wildman–Crippen LogP) is 3.81. The molecule has 2 N–H and O–H groups in total. The van der Waals surface area contributed by atoms with Gasteiger partial charge in [0.25, 0.3) is 0 Å². The molecule has 0 aliphatic heterocycles. The van der Waals surface area contributed by atoms with Crippen molar-refractivity contribution in [1.29, 1.82) is 0 Å². The maximum Gasteiger partial charge on any atom is 0.427 e. The van der Waals surface area contributed by atoms with Gasteiger partial charge in [0.1, 0.15) is 0 Å². The molecule has 1 rings (SSSR count). The normalized spacial score (nSPS) is 13.7. The minimum absolute atomic E-state index is 0.0504. The molecule has 0 spiro atoms. The molecular formula is C18H28F3N3O3. The number of nitrogens with zero attached hydrogens (tertiary/aromatic N) is 1. The Morgan fingerprint density at radius 2 is 2.07 bits per heavy atom. The summed E-state index contributed by atoms with van der Waals surface area (Å²) in [5, 5.41) is 5.51. The van der Waals surface area contributed by atoms with E-state index in [0.29, 0.717) is 5.56 Å². The molecule has 0 aromatic carbocycles. The Morgan fingerprint density at radius 3 is 2.70 bits per heavy atom.